The Balaban J connectivity index is 0.000000381. The molecule has 2 heterocycles. The van der Waals surface area contributed by atoms with Crippen molar-refractivity contribution in [2.45, 2.75) is 26.1 Å². The lowest BCUT2D eigenvalue weighted by Gasteiger charge is -2.03. The second kappa shape index (κ2) is 8.66. The second-order valence-electron chi connectivity index (χ2n) is 4.65. The van der Waals surface area contributed by atoms with E-state index in [-0.39, 0.29) is 6.42 Å². The fraction of sp³-hybridized carbons (Fsp3) is 0.286. The highest BCUT2D eigenvalue weighted by Crippen LogP contribution is 2.13. The SMILES string of the molecule is Cc1cncc(-c2cc[n+](CCC(=O)O)nc2)n1.O=C([O-])C(F)(F)F. The van der Waals surface area contributed by atoms with Gasteiger partial charge in [0.1, 0.15) is 18.6 Å². The molecule has 0 atom stereocenters. The summed E-state index contributed by atoms with van der Waals surface area (Å²) >= 11 is 0. The molecule has 2 rings (SSSR count). The van der Waals surface area contributed by atoms with Gasteiger partial charge in [0, 0.05) is 17.8 Å². The third-order valence-electron chi connectivity index (χ3n) is 2.61. The molecule has 25 heavy (non-hydrogen) atoms. The van der Waals surface area contributed by atoms with Crippen molar-refractivity contribution >= 4 is 11.9 Å². The first-order valence-electron chi connectivity index (χ1n) is 6.74. The molecule has 0 radical (unpaired) electrons. The summed E-state index contributed by atoms with van der Waals surface area (Å²) in [5, 5.41) is 21.5. The summed E-state index contributed by atoms with van der Waals surface area (Å²) < 4.78 is 33.1. The number of aryl methyl sites for hydroxylation is 2. The molecule has 0 unspecified atom stereocenters. The second-order valence-corrected chi connectivity index (χ2v) is 4.65. The summed E-state index contributed by atoms with van der Waals surface area (Å²) in [6, 6.07) is 1.85. The molecule has 0 bridgehead atoms. The average Bonchev–Trinajstić information content (AvgIpc) is 2.53. The monoisotopic (exact) mass is 358 g/mol. The van der Waals surface area contributed by atoms with Crippen LogP contribution >= 0.6 is 0 Å². The number of carbonyl (C=O) groups excluding carboxylic acids is 1. The molecule has 11 heteroatoms. The number of rotatable bonds is 4. The van der Waals surface area contributed by atoms with Crippen LogP contribution < -0.4 is 9.79 Å². The van der Waals surface area contributed by atoms with Gasteiger partial charge in [0.05, 0.1) is 17.6 Å². The molecule has 0 amide bonds. The number of aliphatic carboxylic acids is 2. The lowest BCUT2D eigenvalue weighted by Crippen LogP contribution is -2.38. The lowest BCUT2D eigenvalue weighted by atomic mass is 10.2. The van der Waals surface area contributed by atoms with Crippen LogP contribution in [-0.4, -0.2) is 38.3 Å². The number of nitrogens with zero attached hydrogens (tertiary/aromatic N) is 4. The molecule has 0 saturated heterocycles. The maximum atomic E-state index is 10.5. The summed E-state index contributed by atoms with van der Waals surface area (Å²) in [5.41, 5.74) is 2.46. The van der Waals surface area contributed by atoms with Crippen molar-refractivity contribution in [3.05, 3.63) is 36.5 Å². The number of alkyl halides is 3. The van der Waals surface area contributed by atoms with Crippen LogP contribution in [0.5, 0.6) is 0 Å². The van der Waals surface area contributed by atoms with E-state index >= 15 is 0 Å². The van der Waals surface area contributed by atoms with Gasteiger partial charge in [0.15, 0.2) is 12.7 Å². The minimum Gasteiger partial charge on any atom is -0.542 e. The quantitative estimate of drug-likeness (QED) is 0.758. The Kier molecular flexibility index (Phi) is 6.91. The topological polar surface area (TPSA) is 120 Å². The maximum absolute atomic E-state index is 10.5. The number of hydrogen-bond donors (Lipinski definition) is 1. The van der Waals surface area contributed by atoms with Gasteiger partial charge in [-0.2, -0.15) is 13.2 Å². The summed E-state index contributed by atoms with van der Waals surface area (Å²) in [4.78, 5) is 27.6. The molecule has 0 spiro atoms. The number of carboxylic acid groups (broad SMARTS) is 2. The molecular weight excluding hydrogens is 345 g/mol. The highest BCUT2D eigenvalue weighted by atomic mass is 19.4. The zero-order valence-electron chi connectivity index (χ0n) is 12.9. The molecule has 0 aliphatic heterocycles. The van der Waals surface area contributed by atoms with Crippen LogP contribution in [0.3, 0.4) is 0 Å². The molecule has 0 saturated carbocycles. The number of carbonyl (C=O) groups is 2. The average molecular weight is 358 g/mol. The fourth-order valence-corrected chi connectivity index (χ4v) is 1.48. The molecule has 0 aromatic carbocycles. The minimum absolute atomic E-state index is 0.0568. The number of carboxylic acids is 2. The summed E-state index contributed by atoms with van der Waals surface area (Å²) in [6.45, 7) is 2.23. The van der Waals surface area contributed by atoms with Crippen molar-refractivity contribution in [2.75, 3.05) is 0 Å². The summed E-state index contributed by atoms with van der Waals surface area (Å²) in [5.74, 6) is -3.84. The van der Waals surface area contributed by atoms with E-state index in [1.807, 2.05) is 13.0 Å². The van der Waals surface area contributed by atoms with Crippen molar-refractivity contribution in [1.29, 1.82) is 0 Å². The number of aromatic nitrogens is 4. The zero-order chi connectivity index (χ0) is 19.0. The van der Waals surface area contributed by atoms with Crippen LogP contribution in [0.4, 0.5) is 13.2 Å². The summed E-state index contributed by atoms with van der Waals surface area (Å²) in [7, 11) is 0. The van der Waals surface area contributed by atoms with E-state index < -0.39 is 18.1 Å². The minimum atomic E-state index is -5.19. The van der Waals surface area contributed by atoms with Crippen LogP contribution in [0.2, 0.25) is 0 Å². The van der Waals surface area contributed by atoms with Crippen molar-refractivity contribution in [3.63, 3.8) is 0 Å². The highest BCUT2D eigenvalue weighted by Gasteiger charge is 2.28. The smallest absolute Gasteiger partial charge is 0.430 e. The first kappa shape index (κ1) is 19.9. The van der Waals surface area contributed by atoms with Crippen molar-refractivity contribution in [1.82, 2.24) is 15.1 Å². The Morgan fingerprint density at radius 1 is 1.28 bits per heavy atom. The number of halogens is 3. The van der Waals surface area contributed by atoms with Gasteiger partial charge in [-0.3, -0.25) is 9.78 Å². The van der Waals surface area contributed by atoms with Gasteiger partial charge < -0.3 is 15.0 Å². The lowest BCUT2D eigenvalue weighted by molar-refractivity contribution is -0.752. The molecule has 0 aliphatic rings. The Labute approximate surface area is 139 Å². The highest BCUT2D eigenvalue weighted by molar-refractivity contribution is 5.70. The van der Waals surface area contributed by atoms with Gasteiger partial charge in [0.25, 0.3) is 0 Å². The molecule has 2 aromatic heterocycles. The van der Waals surface area contributed by atoms with E-state index in [2.05, 4.69) is 15.1 Å². The van der Waals surface area contributed by atoms with E-state index in [0.29, 0.717) is 6.54 Å². The fourth-order valence-electron chi connectivity index (χ4n) is 1.48. The standard InChI is InChI=1S/C12H12N4O2.C2HF3O2/c1-9-6-13-8-11(15-9)10-2-4-16(14-7-10)5-3-12(17)18;3-2(4,5)1(6)7/h2,4,6-8H,3,5H2,1H3;(H,6,7). The third kappa shape index (κ3) is 7.33. The van der Waals surface area contributed by atoms with E-state index in [1.165, 1.54) is 0 Å². The Bertz CT molecular complexity index is 736. The van der Waals surface area contributed by atoms with Gasteiger partial charge in [-0.25, -0.2) is 4.98 Å². The predicted octanol–water partition coefficient (Wildman–Crippen LogP) is -0.0922. The molecule has 8 nitrogen and oxygen atoms in total. The zero-order valence-corrected chi connectivity index (χ0v) is 12.9. The van der Waals surface area contributed by atoms with Crippen LogP contribution in [-0.2, 0) is 16.1 Å². The Hall–Kier alpha value is -3.11. The molecule has 2 aromatic rings. The van der Waals surface area contributed by atoms with Crippen molar-refractivity contribution in [3.8, 4) is 11.3 Å². The largest absolute Gasteiger partial charge is 0.542 e. The molecule has 1 N–H and O–H groups in total. The van der Waals surface area contributed by atoms with E-state index in [4.69, 9.17) is 15.0 Å². The van der Waals surface area contributed by atoms with Crippen LogP contribution in [0.15, 0.2) is 30.9 Å². The van der Waals surface area contributed by atoms with E-state index in [1.54, 1.807) is 29.5 Å². The van der Waals surface area contributed by atoms with Crippen molar-refractivity contribution in [2.24, 2.45) is 0 Å². The van der Waals surface area contributed by atoms with Crippen molar-refractivity contribution < 1.29 is 37.7 Å². The number of hydrogen-bond acceptors (Lipinski definition) is 6. The van der Waals surface area contributed by atoms with Gasteiger partial charge in [-0.15, -0.1) is 0 Å². The van der Waals surface area contributed by atoms with Crippen LogP contribution in [0.25, 0.3) is 11.3 Å². The Morgan fingerprint density at radius 3 is 2.36 bits per heavy atom. The normalized spacial score (nSPS) is 10.6. The Morgan fingerprint density at radius 2 is 1.92 bits per heavy atom. The maximum Gasteiger partial charge on any atom is 0.430 e. The van der Waals surface area contributed by atoms with Crippen LogP contribution in [0, 0.1) is 6.92 Å². The third-order valence-corrected chi connectivity index (χ3v) is 2.61. The van der Waals surface area contributed by atoms with E-state index in [9.17, 15) is 18.0 Å². The van der Waals surface area contributed by atoms with Gasteiger partial charge in [0.2, 0.25) is 0 Å². The first-order chi connectivity index (χ1) is 11.6. The molecule has 0 fully saturated rings. The van der Waals surface area contributed by atoms with Gasteiger partial charge >= 0.3 is 12.1 Å². The molecule has 134 valence electrons. The first-order valence-corrected chi connectivity index (χ1v) is 6.74. The molecule has 0 aliphatic carbocycles. The summed E-state index contributed by atoms with van der Waals surface area (Å²) in [6.07, 6.45) is 1.62. The van der Waals surface area contributed by atoms with Gasteiger partial charge in [-0.05, 0) is 12.0 Å². The van der Waals surface area contributed by atoms with E-state index in [0.717, 1.165) is 17.0 Å². The molecular formula is C14H13F3N4O4. The van der Waals surface area contributed by atoms with Gasteiger partial charge in [-0.1, -0.05) is 4.68 Å². The predicted molar refractivity (Wildman–Crippen MR) is 73.5 cm³/mol. The van der Waals surface area contributed by atoms with Crippen LogP contribution in [0.1, 0.15) is 12.1 Å².